The summed E-state index contributed by atoms with van der Waals surface area (Å²) in [4.78, 5) is 37.9. The maximum absolute atomic E-state index is 12.7. The number of anilines is 1. The molecule has 0 unspecified atom stereocenters. The summed E-state index contributed by atoms with van der Waals surface area (Å²) in [6, 6.07) is 6.66. The number of carbonyl (C=O) groups is 3. The zero-order valence-corrected chi connectivity index (χ0v) is 11.3. The lowest BCUT2D eigenvalue weighted by molar-refractivity contribution is -0.148. The molecule has 3 rings (SSSR count). The van der Waals surface area contributed by atoms with Gasteiger partial charge in [-0.05, 0) is 30.9 Å². The van der Waals surface area contributed by atoms with Gasteiger partial charge in [0.05, 0.1) is 5.69 Å². The van der Waals surface area contributed by atoms with Crippen LogP contribution in [0.1, 0.15) is 31.7 Å². The van der Waals surface area contributed by atoms with Gasteiger partial charge in [0.15, 0.2) is 0 Å². The van der Waals surface area contributed by atoms with Crippen molar-refractivity contribution >= 4 is 23.5 Å². The standard InChI is InChI=1S/C15H16N2O3/c1-2-10-6-3-4-7-11(10)17-13(19)15(8-5-9-15)12(18)16-14(17)20/h3-4,6-7H,2,5,8-9H2,1H3,(H,16,18,20). The second kappa shape index (κ2) is 4.44. The Morgan fingerprint density at radius 3 is 2.50 bits per heavy atom. The van der Waals surface area contributed by atoms with E-state index >= 15 is 0 Å². The van der Waals surface area contributed by atoms with Gasteiger partial charge in [0.25, 0.3) is 5.91 Å². The number of benzene rings is 1. The molecule has 1 aliphatic carbocycles. The van der Waals surface area contributed by atoms with Gasteiger partial charge in [-0.1, -0.05) is 31.5 Å². The fourth-order valence-corrected chi connectivity index (χ4v) is 2.89. The van der Waals surface area contributed by atoms with E-state index in [1.165, 1.54) is 0 Å². The Morgan fingerprint density at radius 2 is 1.90 bits per heavy atom. The van der Waals surface area contributed by atoms with Crippen molar-refractivity contribution in [1.82, 2.24) is 5.32 Å². The third-order valence-electron chi connectivity index (χ3n) is 4.29. The monoisotopic (exact) mass is 272 g/mol. The summed E-state index contributed by atoms with van der Waals surface area (Å²) in [5, 5.41) is 2.33. The molecule has 5 heteroatoms. The molecule has 0 atom stereocenters. The van der Waals surface area contributed by atoms with Crippen LogP contribution in [0.2, 0.25) is 0 Å². The average Bonchev–Trinajstić information content (AvgIpc) is 2.37. The smallest absolute Gasteiger partial charge is 0.276 e. The van der Waals surface area contributed by atoms with E-state index < -0.39 is 17.4 Å². The first-order valence-corrected chi connectivity index (χ1v) is 6.88. The van der Waals surface area contributed by atoms with Gasteiger partial charge in [-0.2, -0.15) is 0 Å². The number of aryl methyl sites for hydroxylation is 1. The maximum Gasteiger partial charge on any atom is 0.335 e. The number of amides is 4. The van der Waals surface area contributed by atoms with Crippen LogP contribution in [0.25, 0.3) is 0 Å². The van der Waals surface area contributed by atoms with Crippen LogP contribution in [-0.4, -0.2) is 17.8 Å². The predicted octanol–water partition coefficient (Wildman–Crippen LogP) is 2.00. The first-order valence-electron chi connectivity index (χ1n) is 6.88. The molecule has 1 saturated carbocycles. The Labute approximate surface area is 116 Å². The van der Waals surface area contributed by atoms with Crippen LogP contribution in [0.4, 0.5) is 10.5 Å². The largest absolute Gasteiger partial charge is 0.335 e. The highest BCUT2D eigenvalue weighted by molar-refractivity contribution is 6.30. The molecule has 2 fully saturated rings. The van der Waals surface area contributed by atoms with Crippen LogP contribution >= 0.6 is 0 Å². The molecule has 1 N–H and O–H groups in total. The van der Waals surface area contributed by atoms with Crippen molar-refractivity contribution in [2.75, 3.05) is 4.90 Å². The van der Waals surface area contributed by atoms with Crippen molar-refractivity contribution < 1.29 is 14.4 Å². The third-order valence-corrected chi connectivity index (χ3v) is 4.29. The van der Waals surface area contributed by atoms with Gasteiger partial charge in [-0.25, -0.2) is 9.69 Å². The quantitative estimate of drug-likeness (QED) is 0.837. The lowest BCUT2D eigenvalue weighted by Gasteiger charge is -2.44. The van der Waals surface area contributed by atoms with Crippen molar-refractivity contribution in [3.8, 4) is 0 Å². The SMILES string of the molecule is CCc1ccccc1N1C(=O)NC(=O)C2(CCC2)C1=O. The molecule has 1 heterocycles. The van der Waals surface area contributed by atoms with E-state index in [0.717, 1.165) is 16.9 Å². The van der Waals surface area contributed by atoms with E-state index in [1.54, 1.807) is 12.1 Å². The highest BCUT2D eigenvalue weighted by Crippen LogP contribution is 2.45. The van der Waals surface area contributed by atoms with Crippen LogP contribution in [0.3, 0.4) is 0 Å². The van der Waals surface area contributed by atoms with Crippen LogP contribution < -0.4 is 10.2 Å². The van der Waals surface area contributed by atoms with Crippen molar-refractivity contribution in [2.45, 2.75) is 32.6 Å². The highest BCUT2D eigenvalue weighted by atomic mass is 16.2. The molecule has 0 bridgehead atoms. The summed E-state index contributed by atoms with van der Waals surface area (Å²) in [7, 11) is 0. The number of nitrogens with zero attached hydrogens (tertiary/aromatic N) is 1. The van der Waals surface area contributed by atoms with Gasteiger partial charge < -0.3 is 0 Å². The molecule has 1 aliphatic heterocycles. The molecule has 1 aromatic rings. The van der Waals surface area contributed by atoms with E-state index in [1.807, 2.05) is 19.1 Å². The van der Waals surface area contributed by atoms with Crippen LogP contribution in [-0.2, 0) is 16.0 Å². The fourth-order valence-electron chi connectivity index (χ4n) is 2.89. The summed E-state index contributed by atoms with van der Waals surface area (Å²) >= 11 is 0. The van der Waals surface area contributed by atoms with Crippen LogP contribution in [0, 0.1) is 5.41 Å². The number of rotatable bonds is 2. The zero-order chi connectivity index (χ0) is 14.3. The average molecular weight is 272 g/mol. The topological polar surface area (TPSA) is 66.5 Å². The van der Waals surface area contributed by atoms with Crippen LogP contribution in [0.15, 0.2) is 24.3 Å². The second-order valence-corrected chi connectivity index (χ2v) is 5.32. The number of hydrogen-bond acceptors (Lipinski definition) is 3. The predicted molar refractivity (Wildman–Crippen MR) is 73.1 cm³/mol. The minimum absolute atomic E-state index is 0.376. The molecule has 1 spiro atoms. The van der Waals surface area contributed by atoms with E-state index in [-0.39, 0.29) is 5.91 Å². The number of para-hydroxylation sites is 1. The highest BCUT2D eigenvalue weighted by Gasteiger charge is 2.57. The molecule has 1 saturated heterocycles. The van der Waals surface area contributed by atoms with E-state index in [9.17, 15) is 14.4 Å². The second-order valence-electron chi connectivity index (χ2n) is 5.32. The molecular formula is C15H16N2O3. The molecule has 5 nitrogen and oxygen atoms in total. The molecule has 0 aromatic heterocycles. The fraction of sp³-hybridized carbons (Fsp3) is 0.400. The Bertz CT molecular complexity index is 605. The molecule has 4 amide bonds. The first-order chi connectivity index (χ1) is 9.60. The van der Waals surface area contributed by atoms with E-state index in [2.05, 4.69) is 5.32 Å². The Morgan fingerprint density at radius 1 is 1.20 bits per heavy atom. The minimum Gasteiger partial charge on any atom is -0.276 e. The van der Waals surface area contributed by atoms with Gasteiger partial charge in [-0.15, -0.1) is 0 Å². The lowest BCUT2D eigenvalue weighted by Crippen LogP contribution is -2.66. The first kappa shape index (κ1) is 12.8. The molecular weight excluding hydrogens is 256 g/mol. The molecule has 1 aromatic carbocycles. The Balaban J connectivity index is 2.06. The molecule has 0 radical (unpaired) electrons. The normalized spacial score (nSPS) is 20.9. The zero-order valence-electron chi connectivity index (χ0n) is 11.3. The number of urea groups is 1. The summed E-state index contributed by atoms with van der Waals surface area (Å²) in [5.74, 6) is -0.817. The van der Waals surface area contributed by atoms with Gasteiger partial charge >= 0.3 is 6.03 Å². The number of hydrogen-bond donors (Lipinski definition) is 1. The summed E-state index contributed by atoms with van der Waals surface area (Å²) in [6.07, 6.45) is 2.61. The number of carbonyl (C=O) groups excluding carboxylic acids is 3. The Hall–Kier alpha value is -2.17. The van der Waals surface area contributed by atoms with Gasteiger partial charge in [-0.3, -0.25) is 14.9 Å². The molecule has 20 heavy (non-hydrogen) atoms. The number of nitrogens with one attached hydrogen (secondary N) is 1. The van der Waals surface area contributed by atoms with Crippen molar-refractivity contribution in [1.29, 1.82) is 0 Å². The Kier molecular flexibility index (Phi) is 2.85. The summed E-state index contributed by atoms with van der Waals surface area (Å²) < 4.78 is 0. The lowest BCUT2D eigenvalue weighted by atomic mass is 9.66. The van der Waals surface area contributed by atoms with Crippen molar-refractivity contribution in [2.24, 2.45) is 5.41 Å². The summed E-state index contributed by atoms with van der Waals surface area (Å²) in [5.41, 5.74) is 0.477. The maximum atomic E-state index is 12.7. The number of barbiturate groups is 1. The number of imide groups is 2. The van der Waals surface area contributed by atoms with Gasteiger partial charge in [0.1, 0.15) is 5.41 Å². The molecule has 2 aliphatic rings. The summed E-state index contributed by atoms with van der Waals surface area (Å²) in [6.45, 7) is 1.97. The third kappa shape index (κ3) is 1.59. The van der Waals surface area contributed by atoms with Gasteiger partial charge in [0.2, 0.25) is 5.91 Å². The van der Waals surface area contributed by atoms with E-state index in [0.29, 0.717) is 24.9 Å². The molecule has 104 valence electrons. The van der Waals surface area contributed by atoms with Crippen LogP contribution in [0.5, 0.6) is 0 Å². The van der Waals surface area contributed by atoms with E-state index in [4.69, 9.17) is 0 Å². The minimum atomic E-state index is -1.02. The van der Waals surface area contributed by atoms with Crippen molar-refractivity contribution in [3.63, 3.8) is 0 Å². The van der Waals surface area contributed by atoms with Crippen molar-refractivity contribution in [3.05, 3.63) is 29.8 Å². The van der Waals surface area contributed by atoms with Gasteiger partial charge in [0, 0.05) is 0 Å².